The normalized spacial score (nSPS) is 13.3. The van der Waals surface area contributed by atoms with E-state index < -0.39 is 5.41 Å². The van der Waals surface area contributed by atoms with Crippen LogP contribution in [0.1, 0.15) is 22.3 Å². The number of nitrogens with zero attached hydrogens (tertiary/aromatic N) is 6. The lowest BCUT2D eigenvalue weighted by atomic mass is 9.66. The number of fused-ring (bicyclic) bond motifs is 18. The van der Waals surface area contributed by atoms with Crippen LogP contribution in [0.5, 0.6) is 11.5 Å². The third kappa shape index (κ3) is 5.13. The maximum atomic E-state index is 7.03. The van der Waals surface area contributed by atoms with Gasteiger partial charge in [-0.3, -0.25) is 19.1 Å². The van der Waals surface area contributed by atoms with Gasteiger partial charge >= 0.3 is 0 Å². The Morgan fingerprint density at radius 2 is 0.761 bits per heavy atom. The van der Waals surface area contributed by atoms with Gasteiger partial charge in [0.25, 0.3) is 0 Å². The van der Waals surface area contributed by atoms with Gasteiger partial charge in [0.15, 0.2) is 0 Å². The SMILES string of the molecule is c1cc(-n2c3ccccc3c3ccccc32)nc(-n2c3ccccc3c3cc(-c4ccc5c(c4)C4(c6cc(-n7c8ccccc8c8ccccc87)ccc6O5)c5cccnc5-c5ncccc54)ccc32)c1. The van der Waals surface area contributed by atoms with E-state index in [4.69, 9.17) is 19.7 Å². The molecule has 1 spiro atoms. The third-order valence-electron chi connectivity index (χ3n) is 15.2. The minimum Gasteiger partial charge on any atom is -0.457 e. The Kier molecular flexibility index (Phi) is 7.69. The quantitative estimate of drug-likeness (QED) is 0.176. The molecule has 71 heavy (non-hydrogen) atoms. The zero-order valence-electron chi connectivity index (χ0n) is 38.0. The second-order valence-corrected chi connectivity index (χ2v) is 18.7. The monoisotopic (exact) mass is 906 g/mol. The molecule has 1 aliphatic carbocycles. The maximum absolute atomic E-state index is 7.03. The highest BCUT2D eigenvalue weighted by atomic mass is 16.5. The Morgan fingerprint density at radius 3 is 1.31 bits per heavy atom. The molecule has 16 rings (SSSR count). The predicted molar refractivity (Wildman–Crippen MR) is 286 cm³/mol. The minimum atomic E-state index is -0.784. The molecule has 0 unspecified atom stereocenters. The second-order valence-electron chi connectivity index (χ2n) is 18.7. The van der Waals surface area contributed by atoms with Crippen LogP contribution in [0.2, 0.25) is 0 Å². The van der Waals surface area contributed by atoms with Crippen molar-refractivity contribution in [2.75, 3.05) is 0 Å². The number of para-hydroxylation sites is 5. The summed E-state index contributed by atoms with van der Waals surface area (Å²) in [4.78, 5) is 15.5. The van der Waals surface area contributed by atoms with E-state index >= 15 is 0 Å². The second kappa shape index (κ2) is 14.2. The number of pyridine rings is 3. The molecule has 0 N–H and O–H groups in total. The van der Waals surface area contributed by atoms with Crippen LogP contribution >= 0.6 is 0 Å². The summed E-state index contributed by atoms with van der Waals surface area (Å²) in [6, 6.07) is 78.3. The first kappa shape index (κ1) is 38.4. The van der Waals surface area contributed by atoms with E-state index in [0.29, 0.717) is 0 Å². The largest absolute Gasteiger partial charge is 0.457 e. The van der Waals surface area contributed by atoms with Gasteiger partial charge in [0.05, 0.1) is 49.9 Å². The fourth-order valence-electron chi connectivity index (χ4n) is 12.3. The molecule has 8 aromatic carbocycles. The van der Waals surface area contributed by atoms with Crippen molar-refractivity contribution in [1.29, 1.82) is 0 Å². The maximum Gasteiger partial charge on any atom is 0.140 e. The first-order valence-corrected chi connectivity index (χ1v) is 24.1. The fourth-order valence-corrected chi connectivity index (χ4v) is 12.3. The van der Waals surface area contributed by atoms with E-state index in [1.807, 2.05) is 12.4 Å². The van der Waals surface area contributed by atoms with Gasteiger partial charge in [-0.05, 0) is 119 Å². The van der Waals surface area contributed by atoms with Crippen molar-refractivity contribution in [3.05, 3.63) is 253 Å². The number of hydrogen-bond acceptors (Lipinski definition) is 4. The van der Waals surface area contributed by atoms with E-state index in [0.717, 1.165) is 117 Å². The van der Waals surface area contributed by atoms with Crippen molar-refractivity contribution in [1.82, 2.24) is 28.7 Å². The average Bonchev–Trinajstić information content (AvgIpc) is 4.15. The Labute approximate surface area is 406 Å². The number of hydrogen-bond donors (Lipinski definition) is 0. The summed E-state index contributed by atoms with van der Waals surface area (Å²) in [6.45, 7) is 0. The Balaban J connectivity index is 0.892. The molecule has 1 aliphatic heterocycles. The summed E-state index contributed by atoms with van der Waals surface area (Å²) in [6.07, 6.45) is 3.76. The fraction of sp³-hybridized carbons (Fsp3) is 0.0156. The minimum absolute atomic E-state index is 0.784. The molecule has 7 nitrogen and oxygen atoms in total. The van der Waals surface area contributed by atoms with Crippen molar-refractivity contribution in [2.24, 2.45) is 0 Å². The number of rotatable bonds is 4. The number of ether oxygens (including phenoxy) is 1. The van der Waals surface area contributed by atoms with Gasteiger partial charge in [-0.15, -0.1) is 0 Å². The van der Waals surface area contributed by atoms with Gasteiger partial charge in [0.1, 0.15) is 23.1 Å². The van der Waals surface area contributed by atoms with Gasteiger partial charge in [-0.25, -0.2) is 4.98 Å². The van der Waals surface area contributed by atoms with E-state index in [-0.39, 0.29) is 0 Å². The molecule has 0 saturated carbocycles. The molecule has 330 valence electrons. The molecular formula is C64H38N6O. The lowest BCUT2D eigenvalue weighted by Gasteiger charge is -2.39. The van der Waals surface area contributed by atoms with E-state index in [2.05, 4.69) is 232 Å². The van der Waals surface area contributed by atoms with Crippen LogP contribution in [0.3, 0.4) is 0 Å². The van der Waals surface area contributed by atoms with Crippen LogP contribution in [0.4, 0.5) is 0 Å². The van der Waals surface area contributed by atoms with Gasteiger partial charge < -0.3 is 9.30 Å². The van der Waals surface area contributed by atoms with Gasteiger partial charge in [0, 0.05) is 61.5 Å². The smallest absolute Gasteiger partial charge is 0.140 e. The van der Waals surface area contributed by atoms with Crippen LogP contribution < -0.4 is 4.74 Å². The highest BCUT2D eigenvalue weighted by Crippen LogP contribution is 2.62. The lowest BCUT2D eigenvalue weighted by Crippen LogP contribution is -2.32. The zero-order chi connectivity index (χ0) is 46.4. The molecule has 0 amide bonds. The zero-order valence-corrected chi connectivity index (χ0v) is 38.0. The van der Waals surface area contributed by atoms with Crippen molar-refractivity contribution >= 4 is 65.4 Å². The van der Waals surface area contributed by atoms with Crippen molar-refractivity contribution < 1.29 is 4.74 Å². The molecule has 0 atom stereocenters. The Bertz CT molecular complexity index is 4440. The van der Waals surface area contributed by atoms with Crippen LogP contribution in [-0.2, 0) is 5.41 Å². The van der Waals surface area contributed by atoms with Crippen molar-refractivity contribution in [3.8, 4) is 51.3 Å². The number of benzene rings is 8. The first-order chi connectivity index (χ1) is 35.2. The summed E-state index contributed by atoms with van der Waals surface area (Å²) in [5, 5.41) is 7.17. The molecule has 14 aromatic rings. The summed E-state index contributed by atoms with van der Waals surface area (Å²) < 4.78 is 14.0. The van der Waals surface area contributed by atoms with Gasteiger partial charge in [-0.2, -0.15) is 0 Å². The lowest BCUT2D eigenvalue weighted by molar-refractivity contribution is 0.436. The first-order valence-electron chi connectivity index (χ1n) is 24.1. The van der Waals surface area contributed by atoms with E-state index in [1.54, 1.807) is 0 Å². The molecule has 6 aromatic heterocycles. The van der Waals surface area contributed by atoms with Crippen molar-refractivity contribution in [3.63, 3.8) is 0 Å². The Hall–Kier alpha value is -9.59. The van der Waals surface area contributed by atoms with Crippen LogP contribution in [-0.4, -0.2) is 28.7 Å². The van der Waals surface area contributed by atoms with Gasteiger partial charge in [-0.1, -0.05) is 121 Å². The summed E-state index contributed by atoms with van der Waals surface area (Å²) >= 11 is 0. The standard InChI is InChI=1S/C64H38N6O/c1-6-21-52-42(14-1)43-15-2-7-22-53(43)68(52)41-30-33-59-51(38-41)64(48-19-12-34-65-62(48)63-49(64)20-13-35-66-63)50-37-40(29-32-58(50)71-59)39-28-31-57-47(36-39)46-18-5-10-25-56(46)70(57)61-27-11-26-60(67-61)69-54-23-8-3-16-44(54)45-17-4-9-24-55(45)69/h1-38H. The summed E-state index contributed by atoms with van der Waals surface area (Å²) in [7, 11) is 0. The van der Waals surface area contributed by atoms with E-state index in [1.165, 1.54) is 21.5 Å². The third-order valence-corrected chi connectivity index (χ3v) is 15.2. The average molecular weight is 907 g/mol. The van der Waals surface area contributed by atoms with Gasteiger partial charge in [0.2, 0.25) is 0 Å². The van der Waals surface area contributed by atoms with Crippen LogP contribution in [0, 0.1) is 0 Å². The highest BCUT2D eigenvalue weighted by molar-refractivity contribution is 6.12. The molecule has 2 aliphatic rings. The highest BCUT2D eigenvalue weighted by Gasteiger charge is 2.52. The summed E-state index contributed by atoms with van der Waals surface area (Å²) in [5.41, 5.74) is 15.3. The Morgan fingerprint density at radius 1 is 0.324 bits per heavy atom. The molecule has 0 radical (unpaired) electrons. The molecule has 7 heteroatoms. The predicted octanol–water partition coefficient (Wildman–Crippen LogP) is 15.3. The molecule has 0 saturated heterocycles. The van der Waals surface area contributed by atoms with E-state index in [9.17, 15) is 0 Å². The number of aromatic nitrogens is 6. The molecule has 0 fully saturated rings. The molecule has 0 bridgehead atoms. The molecular weight excluding hydrogens is 869 g/mol. The topological polar surface area (TPSA) is 62.7 Å². The van der Waals surface area contributed by atoms with Crippen LogP contribution in [0.15, 0.2) is 231 Å². The summed E-state index contributed by atoms with van der Waals surface area (Å²) in [5.74, 6) is 3.35. The van der Waals surface area contributed by atoms with Crippen molar-refractivity contribution in [2.45, 2.75) is 5.41 Å². The molecule has 7 heterocycles. The van der Waals surface area contributed by atoms with Crippen LogP contribution in [0.25, 0.3) is 105 Å².